The summed E-state index contributed by atoms with van der Waals surface area (Å²) in [6.07, 6.45) is 2.94. The van der Waals surface area contributed by atoms with Gasteiger partial charge in [-0.05, 0) is 44.4 Å². The molecular weight excluding hydrogens is 344 g/mol. The van der Waals surface area contributed by atoms with Crippen molar-refractivity contribution < 1.29 is 14.3 Å². The lowest BCUT2D eigenvalue weighted by Gasteiger charge is -2.27. The third-order valence-electron chi connectivity index (χ3n) is 4.78. The predicted molar refractivity (Wildman–Crippen MR) is 101 cm³/mol. The molecule has 2 aromatic rings. The van der Waals surface area contributed by atoms with E-state index in [4.69, 9.17) is 9.47 Å². The lowest BCUT2D eigenvalue weighted by molar-refractivity contribution is -0.130. The molecular formula is C20H24N4O3. The Morgan fingerprint density at radius 3 is 2.78 bits per heavy atom. The molecule has 7 nitrogen and oxygen atoms in total. The molecule has 2 aliphatic heterocycles. The zero-order chi connectivity index (χ0) is 18.6. The molecule has 27 heavy (non-hydrogen) atoms. The summed E-state index contributed by atoms with van der Waals surface area (Å²) in [7, 11) is 0. The SMILES string of the molecule is Cc1cc(CNC(=O)C2COc3ccccc3O2)nc(N2CCCCC2)n1. The van der Waals surface area contributed by atoms with Crippen molar-refractivity contribution in [1.29, 1.82) is 0 Å². The summed E-state index contributed by atoms with van der Waals surface area (Å²) < 4.78 is 11.4. The van der Waals surface area contributed by atoms with Gasteiger partial charge in [0.15, 0.2) is 11.5 Å². The minimum absolute atomic E-state index is 0.199. The number of ether oxygens (including phenoxy) is 2. The molecule has 1 aromatic carbocycles. The maximum absolute atomic E-state index is 12.5. The van der Waals surface area contributed by atoms with Gasteiger partial charge in [0, 0.05) is 18.8 Å². The van der Waals surface area contributed by atoms with Gasteiger partial charge in [0.25, 0.3) is 5.91 Å². The lowest BCUT2D eigenvalue weighted by atomic mass is 10.1. The van der Waals surface area contributed by atoms with Crippen molar-refractivity contribution in [2.75, 3.05) is 24.6 Å². The maximum atomic E-state index is 12.5. The van der Waals surface area contributed by atoms with Crippen LogP contribution in [0.3, 0.4) is 0 Å². The Balaban J connectivity index is 1.38. The van der Waals surface area contributed by atoms with E-state index in [1.807, 2.05) is 31.2 Å². The van der Waals surface area contributed by atoms with Gasteiger partial charge in [0.1, 0.15) is 6.61 Å². The van der Waals surface area contributed by atoms with E-state index < -0.39 is 6.10 Å². The standard InChI is InChI=1S/C20H24N4O3/c1-14-11-15(23-20(22-14)24-9-5-2-6-10-24)12-21-19(25)18-13-26-16-7-3-4-8-17(16)27-18/h3-4,7-8,11,18H,2,5-6,9-10,12-13H2,1H3,(H,21,25). The first-order chi connectivity index (χ1) is 13.2. The number of amides is 1. The van der Waals surface area contributed by atoms with E-state index in [0.717, 1.165) is 30.4 Å². The van der Waals surface area contributed by atoms with Crippen LogP contribution in [0.15, 0.2) is 30.3 Å². The van der Waals surface area contributed by atoms with Crippen LogP contribution in [-0.4, -0.2) is 41.7 Å². The monoisotopic (exact) mass is 368 g/mol. The molecule has 0 saturated carbocycles. The Bertz CT molecular complexity index is 821. The van der Waals surface area contributed by atoms with Crippen LogP contribution in [0, 0.1) is 6.92 Å². The second-order valence-corrected chi connectivity index (χ2v) is 6.93. The Kier molecular flexibility index (Phi) is 5.09. The number of nitrogens with zero attached hydrogens (tertiary/aromatic N) is 3. The first-order valence-electron chi connectivity index (χ1n) is 9.45. The summed E-state index contributed by atoms with van der Waals surface area (Å²) in [6.45, 7) is 4.47. The number of benzene rings is 1. The fraction of sp³-hybridized carbons (Fsp3) is 0.450. The number of aromatic nitrogens is 2. The van der Waals surface area contributed by atoms with E-state index in [1.54, 1.807) is 6.07 Å². The van der Waals surface area contributed by atoms with Crippen molar-refractivity contribution in [1.82, 2.24) is 15.3 Å². The second kappa shape index (κ2) is 7.82. The molecule has 142 valence electrons. The largest absolute Gasteiger partial charge is 0.485 e. The Morgan fingerprint density at radius 1 is 1.19 bits per heavy atom. The molecule has 3 heterocycles. The van der Waals surface area contributed by atoms with Gasteiger partial charge in [-0.25, -0.2) is 9.97 Å². The van der Waals surface area contributed by atoms with Gasteiger partial charge in [-0.3, -0.25) is 4.79 Å². The van der Waals surface area contributed by atoms with Gasteiger partial charge in [-0.2, -0.15) is 0 Å². The number of fused-ring (bicyclic) bond motifs is 1. The van der Waals surface area contributed by atoms with Crippen molar-refractivity contribution in [3.63, 3.8) is 0 Å². The first-order valence-corrected chi connectivity index (χ1v) is 9.45. The summed E-state index contributed by atoms with van der Waals surface area (Å²) in [5.74, 6) is 1.80. The van der Waals surface area contributed by atoms with Gasteiger partial charge in [0.2, 0.25) is 12.1 Å². The fourth-order valence-electron chi connectivity index (χ4n) is 3.38. The van der Waals surface area contributed by atoms with Gasteiger partial charge in [-0.1, -0.05) is 12.1 Å². The van der Waals surface area contributed by atoms with Crippen LogP contribution in [0.25, 0.3) is 0 Å². The van der Waals surface area contributed by atoms with Gasteiger partial charge < -0.3 is 19.7 Å². The number of hydrogen-bond donors (Lipinski definition) is 1. The van der Waals surface area contributed by atoms with Crippen LogP contribution in [0.2, 0.25) is 0 Å². The first kappa shape index (κ1) is 17.6. The summed E-state index contributed by atoms with van der Waals surface area (Å²) in [6, 6.07) is 9.26. The lowest BCUT2D eigenvalue weighted by Crippen LogP contribution is -2.43. The molecule has 1 unspecified atom stereocenters. The molecule has 0 radical (unpaired) electrons. The van der Waals surface area contributed by atoms with Gasteiger partial charge in [-0.15, -0.1) is 0 Å². The maximum Gasteiger partial charge on any atom is 0.265 e. The van der Waals surface area contributed by atoms with E-state index >= 15 is 0 Å². The average Bonchev–Trinajstić information content (AvgIpc) is 2.72. The van der Waals surface area contributed by atoms with Crippen molar-refractivity contribution in [3.05, 3.63) is 41.7 Å². The molecule has 1 amide bonds. The normalized spacial score (nSPS) is 18.9. The molecule has 1 fully saturated rings. The number of hydrogen-bond acceptors (Lipinski definition) is 6. The van der Waals surface area contributed by atoms with Gasteiger partial charge in [0.05, 0.1) is 12.2 Å². The van der Waals surface area contributed by atoms with Crippen LogP contribution >= 0.6 is 0 Å². The molecule has 2 aliphatic rings. The summed E-state index contributed by atoms with van der Waals surface area (Å²) in [5.41, 5.74) is 1.70. The number of nitrogens with one attached hydrogen (secondary N) is 1. The molecule has 0 spiro atoms. The minimum atomic E-state index is -0.663. The third-order valence-corrected chi connectivity index (χ3v) is 4.78. The Hall–Kier alpha value is -2.83. The average molecular weight is 368 g/mol. The Morgan fingerprint density at radius 2 is 1.96 bits per heavy atom. The highest BCUT2D eigenvalue weighted by atomic mass is 16.6. The molecule has 1 aromatic heterocycles. The van der Waals surface area contributed by atoms with Crippen LogP contribution < -0.4 is 19.7 Å². The number of carbonyl (C=O) groups excluding carboxylic acids is 1. The fourth-order valence-corrected chi connectivity index (χ4v) is 3.38. The van der Waals surface area contributed by atoms with Gasteiger partial charge >= 0.3 is 0 Å². The molecule has 4 rings (SSSR count). The molecule has 1 N–H and O–H groups in total. The highest BCUT2D eigenvalue weighted by Gasteiger charge is 2.27. The highest BCUT2D eigenvalue weighted by Crippen LogP contribution is 2.30. The van der Waals surface area contributed by atoms with E-state index in [-0.39, 0.29) is 12.5 Å². The predicted octanol–water partition coefficient (Wildman–Crippen LogP) is 2.23. The van der Waals surface area contributed by atoms with Crippen molar-refractivity contribution in [3.8, 4) is 11.5 Å². The summed E-state index contributed by atoms with van der Waals surface area (Å²) in [4.78, 5) is 23.9. The number of para-hydroxylation sites is 2. The molecule has 1 atom stereocenters. The van der Waals surface area contributed by atoms with Crippen molar-refractivity contribution in [2.45, 2.75) is 38.8 Å². The summed E-state index contributed by atoms with van der Waals surface area (Å²) >= 11 is 0. The molecule has 7 heteroatoms. The highest BCUT2D eigenvalue weighted by molar-refractivity contribution is 5.81. The molecule has 0 aliphatic carbocycles. The van der Waals surface area contributed by atoms with E-state index in [1.165, 1.54) is 19.3 Å². The number of aryl methyl sites for hydroxylation is 1. The second-order valence-electron chi connectivity index (χ2n) is 6.93. The molecule has 1 saturated heterocycles. The zero-order valence-corrected chi connectivity index (χ0v) is 15.5. The van der Waals surface area contributed by atoms with E-state index in [0.29, 0.717) is 18.0 Å². The Labute approximate surface area is 158 Å². The van der Waals surface area contributed by atoms with Crippen LogP contribution in [0.5, 0.6) is 11.5 Å². The third kappa shape index (κ3) is 4.13. The van der Waals surface area contributed by atoms with Crippen molar-refractivity contribution in [2.24, 2.45) is 0 Å². The number of anilines is 1. The quantitative estimate of drug-likeness (QED) is 0.892. The number of rotatable bonds is 4. The van der Waals surface area contributed by atoms with E-state index in [9.17, 15) is 4.79 Å². The van der Waals surface area contributed by atoms with Crippen LogP contribution in [-0.2, 0) is 11.3 Å². The van der Waals surface area contributed by atoms with Crippen LogP contribution in [0.1, 0.15) is 30.7 Å². The number of carbonyl (C=O) groups is 1. The molecule has 0 bridgehead atoms. The van der Waals surface area contributed by atoms with Crippen LogP contribution in [0.4, 0.5) is 5.95 Å². The summed E-state index contributed by atoms with van der Waals surface area (Å²) in [5, 5.41) is 2.90. The zero-order valence-electron chi connectivity index (χ0n) is 15.5. The van der Waals surface area contributed by atoms with Crippen molar-refractivity contribution >= 4 is 11.9 Å². The number of piperidine rings is 1. The minimum Gasteiger partial charge on any atom is -0.485 e. The smallest absolute Gasteiger partial charge is 0.265 e. The topological polar surface area (TPSA) is 76.6 Å². The van der Waals surface area contributed by atoms with E-state index in [2.05, 4.69) is 20.2 Å².